The largest absolute Gasteiger partial charge is 0.478 e. The number of likely N-dealkylation sites (tertiary alicyclic amines) is 1. The molecule has 0 aliphatic carbocycles. The number of carbonyl (C=O) groups is 3. The van der Waals surface area contributed by atoms with Gasteiger partial charge in [0.15, 0.2) is 0 Å². The molecule has 1 fully saturated rings. The molecule has 5 rings (SSSR count). The van der Waals surface area contributed by atoms with Crippen LogP contribution in [0.2, 0.25) is 0 Å². The fourth-order valence-corrected chi connectivity index (χ4v) is 5.92. The first-order valence-electron chi connectivity index (χ1n) is 14.8. The van der Waals surface area contributed by atoms with Gasteiger partial charge in [-0.05, 0) is 61.7 Å². The van der Waals surface area contributed by atoms with Gasteiger partial charge in [0.2, 0.25) is 0 Å². The lowest BCUT2D eigenvalue weighted by molar-refractivity contribution is 0.0137. The molecule has 0 saturated carbocycles. The SMILES string of the molecule is C[C@H](c1cccc2ccccc12)N(C[C@H]1CN(C(=O)Oc2ccccc2C(=O)O)C[C@@H]1c1ccccc1)C(=O)OC(C)(C)C. The van der Waals surface area contributed by atoms with Crippen molar-refractivity contribution < 1.29 is 29.0 Å². The van der Waals surface area contributed by atoms with E-state index in [1.54, 1.807) is 21.9 Å². The highest BCUT2D eigenvalue weighted by Crippen LogP contribution is 2.37. The zero-order chi connectivity index (χ0) is 31.4. The average molecular weight is 595 g/mol. The minimum atomic E-state index is -1.18. The fraction of sp³-hybridized carbons (Fsp3) is 0.306. The van der Waals surface area contributed by atoms with Gasteiger partial charge in [-0.3, -0.25) is 0 Å². The van der Waals surface area contributed by atoms with Crippen LogP contribution >= 0.6 is 0 Å². The van der Waals surface area contributed by atoms with E-state index in [0.717, 1.165) is 21.9 Å². The molecule has 44 heavy (non-hydrogen) atoms. The number of amides is 2. The van der Waals surface area contributed by atoms with Crippen LogP contribution in [0.4, 0.5) is 9.59 Å². The van der Waals surface area contributed by atoms with Crippen LogP contribution in [0.3, 0.4) is 0 Å². The second kappa shape index (κ2) is 12.8. The molecule has 4 aromatic rings. The summed E-state index contributed by atoms with van der Waals surface area (Å²) in [6.45, 7) is 8.55. The van der Waals surface area contributed by atoms with Gasteiger partial charge >= 0.3 is 18.2 Å². The third-order valence-corrected chi connectivity index (χ3v) is 8.04. The van der Waals surface area contributed by atoms with Gasteiger partial charge < -0.3 is 24.4 Å². The van der Waals surface area contributed by atoms with Crippen molar-refractivity contribution in [3.8, 4) is 5.75 Å². The Morgan fingerprint density at radius 1 is 0.886 bits per heavy atom. The Kier molecular flexibility index (Phi) is 8.90. The first-order chi connectivity index (χ1) is 21.0. The van der Waals surface area contributed by atoms with Crippen molar-refractivity contribution in [3.05, 3.63) is 114 Å². The van der Waals surface area contributed by atoms with E-state index in [1.165, 1.54) is 12.1 Å². The summed E-state index contributed by atoms with van der Waals surface area (Å²) in [5, 5.41) is 11.7. The molecule has 1 aliphatic heterocycles. The number of fused-ring (bicyclic) bond motifs is 1. The minimum absolute atomic E-state index is 0.00956. The molecule has 1 N–H and O–H groups in total. The molecule has 0 unspecified atom stereocenters. The summed E-state index contributed by atoms with van der Waals surface area (Å²) < 4.78 is 11.5. The highest BCUT2D eigenvalue weighted by Gasteiger charge is 2.40. The molecule has 0 radical (unpaired) electrons. The molecule has 1 saturated heterocycles. The van der Waals surface area contributed by atoms with Gasteiger partial charge in [-0.15, -0.1) is 0 Å². The standard InChI is InChI=1S/C36H38N2O6/c1-24(28-19-12-16-25-15-8-9-17-29(25)28)38(35(42)44-36(2,3)4)22-27-21-37(23-31(27)26-13-6-5-7-14-26)34(41)43-32-20-11-10-18-30(32)33(39)40/h5-20,24,27,31H,21-23H2,1-4H3,(H,39,40)/t24-,27-,31-/m1/s1. The van der Waals surface area contributed by atoms with E-state index >= 15 is 0 Å². The summed E-state index contributed by atoms with van der Waals surface area (Å²) in [6.07, 6.45) is -1.06. The van der Waals surface area contributed by atoms with Crippen LogP contribution in [0.5, 0.6) is 5.75 Å². The topological polar surface area (TPSA) is 96.4 Å². The molecule has 0 bridgehead atoms. The van der Waals surface area contributed by atoms with Crippen molar-refractivity contribution >= 4 is 28.9 Å². The monoisotopic (exact) mass is 594 g/mol. The molecular formula is C36H38N2O6. The molecule has 1 heterocycles. The number of para-hydroxylation sites is 1. The third kappa shape index (κ3) is 6.86. The van der Waals surface area contributed by atoms with Crippen LogP contribution in [0.15, 0.2) is 97.1 Å². The minimum Gasteiger partial charge on any atom is -0.478 e. The molecule has 228 valence electrons. The quantitative estimate of drug-likeness (QED) is 0.235. The molecule has 0 spiro atoms. The van der Waals surface area contributed by atoms with Gasteiger partial charge in [0.25, 0.3) is 0 Å². The second-order valence-corrected chi connectivity index (χ2v) is 12.2. The van der Waals surface area contributed by atoms with E-state index in [4.69, 9.17) is 9.47 Å². The summed E-state index contributed by atoms with van der Waals surface area (Å²) >= 11 is 0. The molecule has 1 aliphatic rings. The van der Waals surface area contributed by atoms with Crippen LogP contribution in [0, 0.1) is 5.92 Å². The van der Waals surface area contributed by atoms with Crippen LogP contribution in [0.25, 0.3) is 10.8 Å². The predicted octanol–water partition coefficient (Wildman–Crippen LogP) is 7.75. The van der Waals surface area contributed by atoms with Gasteiger partial charge in [0.1, 0.15) is 16.9 Å². The lowest BCUT2D eigenvalue weighted by Crippen LogP contribution is -2.42. The maximum atomic E-state index is 13.8. The van der Waals surface area contributed by atoms with Crippen LogP contribution in [-0.2, 0) is 4.74 Å². The van der Waals surface area contributed by atoms with Crippen molar-refractivity contribution in [2.24, 2.45) is 5.92 Å². The number of hydrogen-bond donors (Lipinski definition) is 1. The smallest absolute Gasteiger partial charge is 0.415 e. The van der Waals surface area contributed by atoms with E-state index in [9.17, 15) is 19.5 Å². The molecular weight excluding hydrogens is 556 g/mol. The average Bonchev–Trinajstić information content (AvgIpc) is 3.43. The number of carboxylic acid groups (broad SMARTS) is 1. The number of rotatable bonds is 7. The van der Waals surface area contributed by atoms with Crippen molar-refractivity contribution in [1.82, 2.24) is 9.80 Å². The molecule has 4 aromatic carbocycles. The number of ether oxygens (including phenoxy) is 2. The Bertz CT molecular complexity index is 1640. The van der Waals surface area contributed by atoms with Crippen molar-refractivity contribution in [3.63, 3.8) is 0 Å². The number of nitrogens with zero attached hydrogens (tertiary/aromatic N) is 2. The number of benzene rings is 4. The summed E-state index contributed by atoms with van der Waals surface area (Å²) in [6, 6.07) is 29.9. The Morgan fingerprint density at radius 2 is 1.55 bits per heavy atom. The van der Waals surface area contributed by atoms with E-state index in [0.29, 0.717) is 19.6 Å². The maximum Gasteiger partial charge on any atom is 0.415 e. The molecule has 3 atom stereocenters. The highest BCUT2D eigenvalue weighted by molar-refractivity contribution is 5.92. The number of hydrogen-bond acceptors (Lipinski definition) is 5. The van der Waals surface area contributed by atoms with E-state index < -0.39 is 23.8 Å². The van der Waals surface area contributed by atoms with Crippen LogP contribution < -0.4 is 4.74 Å². The summed E-state index contributed by atoms with van der Waals surface area (Å²) in [5.74, 6) is -1.43. The lowest BCUT2D eigenvalue weighted by atomic mass is 9.88. The Balaban J connectivity index is 1.47. The van der Waals surface area contributed by atoms with E-state index in [2.05, 4.69) is 18.2 Å². The maximum absolute atomic E-state index is 13.8. The van der Waals surface area contributed by atoms with Gasteiger partial charge in [-0.1, -0.05) is 84.9 Å². The van der Waals surface area contributed by atoms with Crippen molar-refractivity contribution in [2.45, 2.75) is 45.3 Å². The first kappa shape index (κ1) is 30.6. The van der Waals surface area contributed by atoms with Gasteiger partial charge in [-0.25, -0.2) is 14.4 Å². The van der Waals surface area contributed by atoms with E-state index in [-0.39, 0.29) is 29.2 Å². The Morgan fingerprint density at radius 3 is 2.27 bits per heavy atom. The first-order valence-corrected chi connectivity index (χ1v) is 14.8. The molecule has 8 nitrogen and oxygen atoms in total. The van der Waals surface area contributed by atoms with Crippen molar-refractivity contribution in [1.29, 1.82) is 0 Å². The molecule has 0 aromatic heterocycles. The number of aromatic carboxylic acids is 1. The fourth-order valence-electron chi connectivity index (χ4n) is 5.92. The molecule has 2 amide bonds. The molecule has 8 heteroatoms. The Labute approximate surface area is 257 Å². The second-order valence-electron chi connectivity index (χ2n) is 12.2. The highest BCUT2D eigenvalue weighted by atomic mass is 16.6. The van der Waals surface area contributed by atoms with E-state index in [1.807, 2.05) is 82.3 Å². The summed E-state index contributed by atoms with van der Waals surface area (Å²) in [7, 11) is 0. The number of carboxylic acids is 1. The summed E-state index contributed by atoms with van der Waals surface area (Å²) in [4.78, 5) is 42.3. The van der Waals surface area contributed by atoms with Gasteiger partial charge in [0, 0.05) is 31.5 Å². The predicted molar refractivity (Wildman–Crippen MR) is 169 cm³/mol. The lowest BCUT2D eigenvalue weighted by Gasteiger charge is -2.35. The Hall–Kier alpha value is -4.85. The third-order valence-electron chi connectivity index (χ3n) is 8.04. The van der Waals surface area contributed by atoms with Gasteiger partial charge in [0.05, 0.1) is 6.04 Å². The number of carbonyl (C=O) groups excluding carboxylic acids is 2. The van der Waals surface area contributed by atoms with Crippen LogP contribution in [-0.4, -0.2) is 58.3 Å². The van der Waals surface area contributed by atoms with Crippen molar-refractivity contribution in [2.75, 3.05) is 19.6 Å². The zero-order valence-electron chi connectivity index (χ0n) is 25.5. The van der Waals surface area contributed by atoms with Gasteiger partial charge in [-0.2, -0.15) is 0 Å². The normalized spacial score (nSPS) is 17.2. The summed E-state index contributed by atoms with van der Waals surface area (Å²) in [5.41, 5.74) is 1.26. The van der Waals surface area contributed by atoms with Crippen LogP contribution in [0.1, 0.15) is 61.1 Å². The zero-order valence-corrected chi connectivity index (χ0v) is 25.5.